The lowest BCUT2D eigenvalue weighted by Crippen LogP contribution is -2.77. The number of piperidine rings is 1. The average Bonchev–Trinajstić information content (AvgIpc) is 3.15. The zero-order valence-corrected chi connectivity index (χ0v) is 21.9. The van der Waals surface area contributed by atoms with E-state index in [2.05, 4.69) is 33.1 Å². The molecule has 37 heavy (non-hydrogen) atoms. The van der Waals surface area contributed by atoms with E-state index in [1.165, 1.54) is 12.8 Å². The van der Waals surface area contributed by atoms with Gasteiger partial charge in [-0.25, -0.2) is 0 Å². The number of nitriles is 1. The van der Waals surface area contributed by atoms with Crippen LogP contribution in [0.4, 0.5) is 5.69 Å². The third-order valence-electron chi connectivity index (χ3n) is 8.80. The highest BCUT2D eigenvalue weighted by Gasteiger charge is 2.63. The van der Waals surface area contributed by atoms with Crippen molar-refractivity contribution in [3.05, 3.63) is 53.1 Å². The number of methoxy groups -OCH3 is 1. The van der Waals surface area contributed by atoms with Crippen LogP contribution in [0.15, 0.2) is 36.4 Å². The van der Waals surface area contributed by atoms with Crippen LogP contribution in [0.2, 0.25) is 0 Å². The highest BCUT2D eigenvalue weighted by atomic mass is 16.5. The average molecular weight is 502 g/mol. The summed E-state index contributed by atoms with van der Waals surface area (Å²) in [5.41, 5.74) is 1.98. The van der Waals surface area contributed by atoms with Gasteiger partial charge in [0, 0.05) is 54.5 Å². The number of hydrogen-bond acceptors (Lipinski definition) is 7. The van der Waals surface area contributed by atoms with Crippen molar-refractivity contribution < 1.29 is 14.3 Å². The minimum atomic E-state index is -1.08. The van der Waals surface area contributed by atoms with Gasteiger partial charge in [0.1, 0.15) is 11.5 Å². The van der Waals surface area contributed by atoms with Gasteiger partial charge in [-0.05, 0) is 76.3 Å². The Bertz CT molecular complexity index is 1250. The first-order valence-electron chi connectivity index (χ1n) is 13.3. The second kappa shape index (κ2) is 9.02. The Hall–Kier alpha value is -3.12. The Morgan fingerprint density at radius 2 is 1.84 bits per heavy atom. The van der Waals surface area contributed by atoms with Crippen LogP contribution in [0.5, 0.6) is 11.5 Å². The number of fused-ring (bicyclic) bond motifs is 1. The highest BCUT2D eigenvalue weighted by molar-refractivity contribution is 6.09. The molecule has 2 aromatic carbocycles. The van der Waals surface area contributed by atoms with E-state index in [4.69, 9.17) is 9.47 Å². The van der Waals surface area contributed by atoms with Crippen molar-refractivity contribution in [2.45, 2.75) is 31.3 Å². The number of carbonyl (C=O) groups is 1. The summed E-state index contributed by atoms with van der Waals surface area (Å²) in [5, 5.41) is 12.8. The number of nitrogens with one attached hydrogen (secondary N) is 1. The van der Waals surface area contributed by atoms with Gasteiger partial charge in [0.15, 0.2) is 5.54 Å². The minimum absolute atomic E-state index is 0.104. The van der Waals surface area contributed by atoms with Gasteiger partial charge >= 0.3 is 0 Å². The Morgan fingerprint density at radius 1 is 1.08 bits per heavy atom. The van der Waals surface area contributed by atoms with Crippen LogP contribution in [0.3, 0.4) is 0 Å². The van der Waals surface area contributed by atoms with Crippen LogP contribution in [-0.2, 0) is 10.3 Å². The molecular formula is C29H35N5O3. The molecule has 3 saturated heterocycles. The molecule has 1 atom stereocenters. The van der Waals surface area contributed by atoms with Crippen LogP contribution in [0, 0.1) is 16.7 Å². The fourth-order valence-electron chi connectivity index (χ4n) is 6.94. The van der Waals surface area contributed by atoms with Crippen LogP contribution in [-0.4, -0.2) is 86.7 Å². The Kier molecular flexibility index (Phi) is 5.90. The molecule has 1 unspecified atom stereocenters. The molecule has 0 saturated carbocycles. The first-order valence-corrected chi connectivity index (χ1v) is 13.3. The van der Waals surface area contributed by atoms with Crippen molar-refractivity contribution in [1.82, 2.24) is 14.7 Å². The number of rotatable bonds is 6. The largest absolute Gasteiger partial charge is 0.497 e. The lowest BCUT2D eigenvalue weighted by molar-refractivity contribution is -0.169. The van der Waals surface area contributed by atoms with Gasteiger partial charge in [0.2, 0.25) is 0 Å². The molecule has 8 nitrogen and oxygen atoms in total. The molecule has 4 aliphatic heterocycles. The topological polar surface area (TPSA) is 81.1 Å². The van der Waals surface area contributed by atoms with Gasteiger partial charge in [-0.3, -0.25) is 14.6 Å². The number of ether oxygens (including phenoxy) is 2. The molecule has 194 valence electrons. The van der Waals surface area contributed by atoms with E-state index in [1.54, 1.807) is 13.2 Å². The number of benzene rings is 2. The summed E-state index contributed by atoms with van der Waals surface area (Å²) >= 11 is 0. The van der Waals surface area contributed by atoms with Crippen molar-refractivity contribution in [2.24, 2.45) is 5.41 Å². The standard InChI is InChI=1S/C29H35N5O3/c1-4-37-26-8-6-22(36-3)14-24(26)29(23-13-20(15-30)5-7-25(23)31-27(29)35)34-18-28(19-34)16-33(17-28)21-9-11-32(2)12-10-21/h5-8,13-14,21H,4,9-12,16-19H2,1-3H3,(H,31,35). The van der Waals surface area contributed by atoms with E-state index in [-0.39, 0.29) is 11.3 Å². The zero-order chi connectivity index (χ0) is 25.8. The lowest BCUT2D eigenvalue weighted by atomic mass is 9.67. The fraction of sp³-hybridized carbons (Fsp3) is 0.517. The van der Waals surface area contributed by atoms with Crippen LogP contribution in [0.25, 0.3) is 0 Å². The van der Waals surface area contributed by atoms with E-state index in [0.717, 1.165) is 56.1 Å². The normalized spacial score (nSPS) is 25.6. The van der Waals surface area contributed by atoms with Crippen molar-refractivity contribution >= 4 is 11.6 Å². The summed E-state index contributed by atoms with van der Waals surface area (Å²) in [5.74, 6) is 1.23. The summed E-state index contributed by atoms with van der Waals surface area (Å²) in [7, 11) is 3.83. The second-order valence-corrected chi connectivity index (χ2v) is 11.1. The number of likely N-dealkylation sites (tertiary alicyclic amines) is 3. The molecule has 0 aliphatic carbocycles. The smallest absolute Gasteiger partial charge is 0.254 e. The minimum Gasteiger partial charge on any atom is -0.497 e. The summed E-state index contributed by atoms with van der Waals surface area (Å²) < 4.78 is 11.7. The van der Waals surface area contributed by atoms with E-state index in [0.29, 0.717) is 29.7 Å². The molecule has 4 aliphatic rings. The van der Waals surface area contributed by atoms with Crippen LogP contribution < -0.4 is 14.8 Å². The Labute approximate surface area is 218 Å². The van der Waals surface area contributed by atoms with Crippen molar-refractivity contribution in [1.29, 1.82) is 5.26 Å². The summed E-state index contributed by atoms with van der Waals surface area (Å²) in [6.45, 7) is 8.56. The molecule has 6 rings (SSSR count). The summed E-state index contributed by atoms with van der Waals surface area (Å²) in [6, 6.07) is 14.1. The lowest BCUT2D eigenvalue weighted by Gasteiger charge is -2.65. The van der Waals surface area contributed by atoms with E-state index in [9.17, 15) is 10.1 Å². The number of hydrogen-bond donors (Lipinski definition) is 1. The van der Waals surface area contributed by atoms with Gasteiger partial charge in [-0.15, -0.1) is 0 Å². The first kappa shape index (κ1) is 24.2. The third-order valence-corrected chi connectivity index (χ3v) is 8.80. The molecule has 0 aromatic heterocycles. The molecule has 4 heterocycles. The maximum Gasteiger partial charge on any atom is 0.254 e. The number of nitrogens with zero attached hydrogens (tertiary/aromatic N) is 4. The number of carbonyl (C=O) groups excluding carboxylic acids is 1. The van der Waals surface area contributed by atoms with Gasteiger partial charge in [-0.2, -0.15) is 5.26 Å². The second-order valence-electron chi connectivity index (χ2n) is 11.1. The van der Waals surface area contributed by atoms with Crippen molar-refractivity contribution in [3.63, 3.8) is 0 Å². The fourth-order valence-corrected chi connectivity index (χ4v) is 6.94. The van der Waals surface area contributed by atoms with Crippen molar-refractivity contribution in [3.8, 4) is 17.6 Å². The van der Waals surface area contributed by atoms with E-state index in [1.807, 2.05) is 37.3 Å². The van der Waals surface area contributed by atoms with Crippen LogP contribution >= 0.6 is 0 Å². The first-order chi connectivity index (χ1) is 17.9. The van der Waals surface area contributed by atoms with E-state index >= 15 is 0 Å². The predicted molar refractivity (Wildman–Crippen MR) is 141 cm³/mol. The summed E-state index contributed by atoms with van der Waals surface area (Å²) in [4.78, 5) is 21.4. The third kappa shape index (κ3) is 3.71. The Morgan fingerprint density at radius 3 is 2.51 bits per heavy atom. The van der Waals surface area contributed by atoms with E-state index < -0.39 is 5.54 Å². The number of amides is 1. The molecule has 1 spiro atoms. The highest BCUT2D eigenvalue weighted by Crippen LogP contribution is 2.55. The SMILES string of the molecule is CCOc1ccc(OC)cc1C1(N2CC3(CN(C4CCN(C)CC4)C3)C2)C(=O)Nc2ccc(C#N)cc21. The maximum absolute atomic E-state index is 14.1. The maximum atomic E-state index is 14.1. The molecule has 8 heteroatoms. The van der Waals surface area contributed by atoms with Gasteiger partial charge in [0.05, 0.1) is 25.3 Å². The van der Waals surface area contributed by atoms with Gasteiger partial charge < -0.3 is 19.7 Å². The summed E-state index contributed by atoms with van der Waals surface area (Å²) in [6.07, 6.45) is 2.46. The monoisotopic (exact) mass is 501 g/mol. The van der Waals surface area contributed by atoms with Gasteiger partial charge in [-0.1, -0.05) is 0 Å². The Balaban J connectivity index is 1.37. The molecule has 1 N–H and O–H groups in total. The quantitative estimate of drug-likeness (QED) is 0.652. The molecule has 2 aromatic rings. The van der Waals surface area contributed by atoms with Crippen molar-refractivity contribution in [2.75, 3.05) is 65.3 Å². The van der Waals surface area contributed by atoms with Gasteiger partial charge in [0.25, 0.3) is 5.91 Å². The predicted octanol–water partition coefficient (Wildman–Crippen LogP) is 2.87. The molecule has 0 radical (unpaired) electrons. The molecule has 1 amide bonds. The van der Waals surface area contributed by atoms with Crippen LogP contribution in [0.1, 0.15) is 36.5 Å². The number of anilines is 1. The zero-order valence-electron chi connectivity index (χ0n) is 21.9. The molecule has 3 fully saturated rings. The molecular weight excluding hydrogens is 466 g/mol. The molecule has 0 bridgehead atoms.